The maximum absolute atomic E-state index is 10.5. The van der Waals surface area contributed by atoms with Gasteiger partial charge in [0.25, 0.3) is 0 Å². The van der Waals surface area contributed by atoms with Crippen LogP contribution in [0.25, 0.3) is 0 Å². The first-order chi connectivity index (χ1) is 9.54. The quantitative estimate of drug-likeness (QED) is 0.753. The lowest BCUT2D eigenvalue weighted by molar-refractivity contribution is 0.194. The second-order valence-corrected chi connectivity index (χ2v) is 4.53. The summed E-state index contributed by atoms with van der Waals surface area (Å²) in [6, 6.07) is 12.0. The summed E-state index contributed by atoms with van der Waals surface area (Å²) < 4.78 is 5.65. The Morgan fingerprint density at radius 3 is 2.85 bits per heavy atom. The Hall–Kier alpha value is -2.40. The summed E-state index contributed by atoms with van der Waals surface area (Å²) in [4.78, 5) is 10.5. The maximum atomic E-state index is 10.5. The predicted molar refractivity (Wildman–Crippen MR) is 77.2 cm³/mol. The van der Waals surface area contributed by atoms with Crippen molar-refractivity contribution in [3.05, 3.63) is 53.1 Å². The molecule has 0 heterocycles. The van der Waals surface area contributed by atoms with Crippen molar-refractivity contribution in [1.82, 2.24) is 5.32 Å². The first kappa shape index (κ1) is 14.0. The highest BCUT2D eigenvalue weighted by atomic mass is 35.5. The first-order valence-electron chi connectivity index (χ1n) is 5.83. The Bertz CT molecular complexity index is 632. The largest absolute Gasteiger partial charge is 0.465 e. The zero-order chi connectivity index (χ0) is 14.5. The number of carboxylic acid groups (broad SMARTS) is 1. The number of nitrogens with two attached hydrogens (primary N) is 1. The van der Waals surface area contributed by atoms with Crippen molar-refractivity contribution in [3.8, 4) is 11.5 Å². The molecule has 2 rings (SSSR count). The molecule has 0 aliphatic rings. The molecule has 0 bridgehead atoms. The minimum Gasteiger partial charge on any atom is -0.465 e. The Morgan fingerprint density at radius 1 is 1.30 bits per heavy atom. The van der Waals surface area contributed by atoms with Crippen molar-refractivity contribution < 1.29 is 14.6 Å². The molecule has 2 aromatic carbocycles. The number of anilines is 1. The highest BCUT2D eigenvalue weighted by Crippen LogP contribution is 2.30. The minimum atomic E-state index is -1.07. The van der Waals surface area contributed by atoms with Crippen LogP contribution in [0.4, 0.5) is 10.5 Å². The number of halogens is 1. The lowest BCUT2D eigenvalue weighted by atomic mass is 10.2. The normalized spacial score (nSPS) is 10.1. The molecule has 0 unspecified atom stereocenters. The fraction of sp³-hybridized carbons (Fsp3) is 0.0714. The van der Waals surface area contributed by atoms with E-state index in [1.807, 2.05) is 0 Å². The molecule has 104 valence electrons. The molecular weight excluding hydrogens is 280 g/mol. The van der Waals surface area contributed by atoms with Gasteiger partial charge in [-0.15, -0.1) is 0 Å². The Kier molecular flexibility index (Phi) is 4.32. The van der Waals surface area contributed by atoms with E-state index in [0.717, 1.165) is 5.56 Å². The van der Waals surface area contributed by atoms with E-state index >= 15 is 0 Å². The average Bonchev–Trinajstić information content (AvgIpc) is 2.41. The van der Waals surface area contributed by atoms with Gasteiger partial charge >= 0.3 is 6.09 Å². The maximum Gasteiger partial charge on any atom is 0.404 e. The molecule has 0 radical (unpaired) electrons. The Morgan fingerprint density at radius 2 is 2.10 bits per heavy atom. The van der Waals surface area contributed by atoms with E-state index in [0.29, 0.717) is 22.2 Å². The minimum absolute atomic E-state index is 0.206. The summed E-state index contributed by atoms with van der Waals surface area (Å²) in [6.45, 7) is 0.206. The van der Waals surface area contributed by atoms with Crippen LogP contribution in [0, 0.1) is 0 Å². The van der Waals surface area contributed by atoms with Crippen LogP contribution in [-0.2, 0) is 6.54 Å². The number of nitrogen functional groups attached to an aromatic ring is 1. The number of rotatable bonds is 4. The van der Waals surface area contributed by atoms with Crippen LogP contribution in [-0.4, -0.2) is 11.2 Å². The molecule has 0 spiro atoms. The van der Waals surface area contributed by atoms with Gasteiger partial charge in [0.1, 0.15) is 5.75 Å². The summed E-state index contributed by atoms with van der Waals surface area (Å²) in [6.07, 6.45) is -1.07. The van der Waals surface area contributed by atoms with Crippen molar-refractivity contribution in [2.75, 3.05) is 5.73 Å². The fourth-order valence-corrected chi connectivity index (χ4v) is 1.78. The topological polar surface area (TPSA) is 84.6 Å². The van der Waals surface area contributed by atoms with E-state index < -0.39 is 6.09 Å². The third kappa shape index (κ3) is 3.80. The number of benzene rings is 2. The number of hydrogen-bond acceptors (Lipinski definition) is 3. The number of amides is 1. The molecule has 4 N–H and O–H groups in total. The highest BCUT2D eigenvalue weighted by Gasteiger charge is 2.04. The van der Waals surface area contributed by atoms with Crippen molar-refractivity contribution in [2.24, 2.45) is 0 Å². The van der Waals surface area contributed by atoms with Gasteiger partial charge in [0.2, 0.25) is 0 Å². The molecule has 5 nitrogen and oxygen atoms in total. The molecule has 1 amide bonds. The van der Waals surface area contributed by atoms with Gasteiger partial charge in [0.05, 0.1) is 5.69 Å². The zero-order valence-electron chi connectivity index (χ0n) is 10.5. The first-order valence-corrected chi connectivity index (χ1v) is 6.21. The zero-order valence-corrected chi connectivity index (χ0v) is 11.2. The average molecular weight is 293 g/mol. The lowest BCUT2D eigenvalue weighted by Crippen LogP contribution is -2.19. The molecule has 0 fully saturated rings. The van der Waals surface area contributed by atoms with E-state index in [1.165, 1.54) is 0 Å². The fourth-order valence-electron chi connectivity index (χ4n) is 1.62. The summed E-state index contributed by atoms with van der Waals surface area (Å²) in [5.74, 6) is 1.02. The van der Waals surface area contributed by atoms with E-state index in [-0.39, 0.29) is 6.54 Å². The van der Waals surface area contributed by atoms with Crippen molar-refractivity contribution in [1.29, 1.82) is 0 Å². The summed E-state index contributed by atoms with van der Waals surface area (Å²) in [7, 11) is 0. The number of carbonyl (C=O) groups is 1. The van der Waals surface area contributed by atoms with E-state index in [9.17, 15) is 4.79 Å². The molecular formula is C14H13ClN2O3. The van der Waals surface area contributed by atoms with E-state index in [1.54, 1.807) is 42.5 Å². The number of nitrogens with one attached hydrogen (secondary N) is 1. The van der Waals surface area contributed by atoms with Crippen LogP contribution >= 0.6 is 11.6 Å². The standard InChI is InChI=1S/C14H13ClN2O3/c15-10-4-5-12(16)13(7-10)20-11-3-1-2-9(6-11)8-17-14(18)19/h1-7,17H,8,16H2,(H,18,19). The molecule has 2 aromatic rings. The molecule has 0 saturated heterocycles. The lowest BCUT2D eigenvalue weighted by Gasteiger charge is -2.10. The molecule has 0 atom stereocenters. The van der Waals surface area contributed by atoms with Crippen LogP contribution in [0.1, 0.15) is 5.56 Å². The summed E-state index contributed by atoms with van der Waals surface area (Å²) in [5, 5.41) is 11.4. The van der Waals surface area contributed by atoms with Gasteiger partial charge in [0.15, 0.2) is 5.75 Å². The van der Waals surface area contributed by atoms with Gasteiger partial charge in [-0.05, 0) is 29.8 Å². The van der Waals surface area contributed by atoms with Crippen LogP contribution in [0.2, 0.25) is 5.02 Å². The van der Waals surface area contributed by atoms with Crippen LogP contribution < -0.4 is 15.8 Å². The predicted octanol–water partition coefficient (Wildman–Crippen LogP) is 3.48. The molecule has 20 heavy (non-hydrogen) atoms. The van der Waals surface area contributed by atoms with Crippen molar-refractivity contribution in [3.63, 3.8) is 0 Å². The van der Waals surface area contributed by atoms with Crippen LogP contribution in [0.15, 0.2) is 42.5 Å². The van der Waals surface area contributed by atoms with Crippen molar-refractivity contribution in [2.45, 2.75) is 6.54 Å². The van der Waals surface area contributed by atoms with E-state index in [4.69, 9.17) is 27.2 Å². The summed E-state index contributed by atoms with van der Waals surface area (Å²) >= 11 is 5.89. The summed E-state index contributed by atoms with van der Waals surface area (Å²) in [5.41, 5.74) is 7.06. The second kappa shape index (κ2) is 6.16. The van der Waals surface area contributed by atoms with E-state index in [2.05, 4.69) is 5.32 Å². The van der Waals surface area contributed by atoms with Crippen molar-refractivity contribution >= 4 is 23.4 Å². The Labute approximate surface area is 120 Å². The van der Waals surface area contributed by atoms with Gasteiger partial charge in [0, 0.05) is 17.6 Å². The molecule has 6 heteroatoms. The van der Waals surface area contributed by atoms with Gasteiger partial charge in [-0.1, -0.05) is 23.7 Å². The van der Waals surface area contributed by atoms with Crippen LogP contribution in [0.5, 0.6) is 11.5 Å². The third-order valence-electron chi connectivity index (χ3n) is 2.55. The van der Waals surface area contributed by atoms with Crippen LogP contribution in [0.3, 0.4) is 0 Å². The SMILES string of the molecule is Nc1ccc(Cl)cc1Oc1cccc(CNC(=O)O)c1. The Balaban J connectivity index is 2.15. The highest BCUT2D eigenvalue weighted by molar-refractivity contribution is 6.30. The van der Waals surface area contributed by atoms with Gasteiger partial charge in [-0.25, -0.2) is 4.79 Å². The molecule has 0 aliphatic heterocycles. The van der Waals surface area contributed by atoms with Gasteiger partial charge in [-0.3, -0.25) is 0 Å². The van der Waals surface area contributed by atoms with Gasteiger partial charge < -0.3 is 20.9 Å². The number of ether oxygens (including phenoxy) is 1. The monoisotopic (exact) mass is 292 g/mol. The smallest absolute Gasteiger partial charge is 0.404 e. The molecule has 0 aliphatic carbocycles. The molecule has 0 aromatic heterocycles. The third-order valence-corrected chi connectivity index (χ3v) is 2.78. The van der Waals surface area contributed by atoms with Gasteiger partial charge in [-0.2, -0.15) is 0 Å². The number of hydrogen-bond donors (Lipinski definition) is 3. The second-order valence-electron chi connectivity index (χ2n) is 4.09. The molecule has 0 saturated carbocycles.